The first-order valence-electron chi connectivity index (χ1n) is 10.2. The highest BCUT2D eigenvalue weighted by Gasteiger charge is 2.28. The van der Waals surface area contributed by atoms with Crippen LogP contribution in [0.2, 0.25) is 0 Å². The number of hydrogen-bond donors (Lipinski definition) is 3. The van der Waals surface area contributed by atoms with E-state index in [1.807, 2.05) is 0 Å². The Kier molecular flexibility index (Phi) is 9.99. The van der Waals surface area contributed by atoms with Crippen molar-refractivity contribution in [3.8, 4) is 5.75 Å². The van der Waals surface area contributed by atoms with Crippen molar-refractivity contribution in [3.05, 3.63) is 29.3 Å². The van der Waals surface area contributed by atoms with Gasteiger partial charge in [-0.2, -0.15) is 0 Å². The molecule has 1 atom stereocenters. The minimum absolute atomic E-state index is 0. The van der Waals surface area contributed by atoms with E-state index in [1.54, 1.807) is 7.05 Å². The molecule has 1 amide bonds. The van der Waals surface area contributed by atoms with E-state index in [4.69, 9.17) is 9.47 Å². The first-order valence-corrected chi connectivity index (χ1v) is 10.2. The number of amides is 1. The van der Waals surface area contributed by atoms with Gasteiger partial charge >= 0.3 is 0 Å². The molecule has 1 aliphatic heterocycles. The fourth-order valence-corrected chi connectivity index (χ4v) is 3.12. The lowest BCUT2D eigenvalue weighted by Gasteiger charge is -2.17. The molecule has 1 aromatic carbocycles. The number of ether oxygens (including phenoxy) is 2. The summed E-state index contributed by atoms with van der Waals surface area (Å²) in [6.45, 7) is 6.22. The lowest BCUT2D eigenvalue weighted by molar-refractivity contribution is -0.122. The Bertz CT molecular complexity index is 689. The van der Waals surface area contributed by atoms with Crippen LogP contribution in [0, 0.1) is 18.8 Å². The number of halogens is 1. The second-order valence-corrected chi connectivity index (χ2v) is 7.57. The van der Waals surface area contributed by atoms with Crippen LogP contribution in [0.25, 0.3) is 0 Å². The molecule has 1 saturated heterocycles. The number of aryl methyl sites for hydroxylation is 1. The summed E-state index contributed by atoms with van der Waals surface area (Å²) < 4.78 is 11.5. The molecule has 1 aromatic rings. The summed E-state index contributed by atoms with van der Waals surface area (Å²) in [4.78, 5) is 15.9. The topological polar surface area (TPSA) is 84.0 Å². The van der Waals surface area contributed by atoms with Gasteiger partial charge in [0.05, 0.1) is 13.2 Å². The molecule has 1 saturated carbocycles. The highest BCUT2D eigenvalue weighted by Crippen LogP contribution is 2.28. The summed E-state index contributed by atoms with van der Waals surface area (Å²) in [6, 6.07) is 6.26. The van der Waals surface area contributed by atoms with Gasteiger partial charge in [0.25, 0.3) is 0 Å². The summed E-state index contributed by atoms with van der Waals surface area (Å²) in [7, 11) is 1.74. The molecule has 0 spiro atoms. The standard InChI is InChI=1S/C21H32N4O3.HI/c1-15-3-4-18(19(11-15)28-14-16-7-10-27-13-16)12-25-21(22-2)24-9-8-23-20(26)17-5-6-17;/h3-4,11,16-17H,5-10,12-14H2,1-2H3,(H,23,26)(H2,22,24,25);1H. The van der Waals surface area contributed by atoms with Gasteiger partial charge in [-0.25, -0.2) is 0 Å². The highest BCUT2D eigenvalue weighted by atomic mass is 127. The molecule has 3 rings (SSSR count). The van der Waals surface area contributed by atoms with E-state index in [0.29, 0.717) is 38.1 Å². The number of carbonyl (C=O) groups is 1. The Morgan fingerprint density at radius 2 is 2.00 bits per heavy atom. The third kappa shape index (κ3) is 8.00. The Hall–Kier alpha value is -1.55. The van der Waals surface area contributed by atoms with Gasteiger partial charge < -0.3 is 25.4 Å². The molecule has 3 N–H and O–H groups in total. The average molecular weight is 516 g/mol. The van der Waals surface area contributed by atoms with Gasteiger partial charge in [0, 0.05) is 50.7 Å². The monoisotopic (exact) mass is 516 g/mol. The van der Waals surface area contributed by atoms with Crippen LogP contribution in [0.3, 0.4) is 0 Å². The lowest BCUT2D eigenvalue weighted by atomic mass is 10.1. The molecule has 0 aromatic heterocycles. The maximum Gasteiger partial charge on any atom is 0.223 e. The van der Waals surface area contributed by atoms with E-state index in [1.165, 1.54) is 5.56 Å². The van der Waals surface area contributed by atoms with Gasteiger partial charge in [-0.15, -0.1) is 24.0 Å². The van der Waals surface area contributed by atoms with Gasteiger partial charge in [0.1, 0.15) is 5.75 Å². The number of guanidine groups is 1. The molecule has 29 heavy (non-hydrogen) atoms. The van der Waals surface area contributed by atoms with Crippen molar-refractivity contribution < 1.29 is 14.3 Å². The second-order valence-electron chi connectivity index (χ2n) is 7.57. The van der Waals surface area contributed by atoms with E-state index < -0.39 is 0 Å². The number of nitrogens with one attached hydrogen (secondary N) is 3. The Balaban J connectivity index is 0.00000300. The summed E-state index contributed by atoms with van der Waals surface area (Å²) in [5.41, 5.74) is 2.27. The van der Waals surface area contributed by atoms with Crippen molar-refractivity contribution in [2.24, 2.45) is 16.8 Å². The normalized spacial score (nSPS) is 18.7. The zero-order valence-electron chi connectivity index (χ0n) is 17.3. The number of rotatable bonds is 9. The minimum Gasteiger partial charge on any atom is -0.493 e. The second kappa shape index (κ2) is 12.2. The van der Waals surface area contributed by atoms with Crippen LogP contribution >= 0.6 is 24.0 Å². The molecule has 2 aliphatic rings. The van der Waals surface area contributed by atoms with Crippen molar-refractivity contribution >= 4 is 35.8 Å². The minimum atomic E-state index is 0. The van der Waals surface area contributed by atoms with Crippen LogP contribution in [-0.4, -0.2) is 51.8 Å². The van der Waals surface area contributed by atoms with Crippen LogP contribution in [0.4, 0.5) is 0 Å². The summed E-state index contributed by atoms with van der Waals surface area (Å²) in [5.74, 6) is 2.50. The van der Waals surface area contributed by atoms with Crippen molar-refractivity contribution in [1.29, 1.82) is 0 Å². The summed E-state index contributed by atoms with van der Waals surface area (Å²) in [5, 5.41) is 9.49. The van der Waals surface area contributed by atoms with Crippen molar-refractivity contribution in [2.45, 2.75) is 32.7 Å². The largest absolute Gasteiger partial charge is 0.493 e. The predicted octanol–water partition coefficient (Wildman–Crippen LogP) is 2.22. The number of aliphatic imine (C=N–C) groups is 1. The molecular formula is C21H33IN4O3. The molecule has 1 aliphatic carbocycles. The molecule has 8 heteroatoms. The molecule has 1 unspecified atom stereocenters. The number of hydrogen-bond acceptors (Lipinski definition) is 4. The first kappa shape index (κ1) is 23.7. The molecule has 2 fully saturated rings. The zero-order chi connectivity index (χ0) is 19.8. The van der Waals surface area contributed by atoms with Crippen molar-refractivity contribution in [1.82, 2.24) is 16.0 Å². The number of carbonyl (C=O) groups excluding carboxylic acids is 1. The maximum atomic E-state index is 11.6. The van der Waals surface area contributed by atoms with Crippen molar-refractivity contribution in [2.75, 3.05) is 40.0 Å². The van der Waals surface area contributed by atoms with Gasteiger partial charge in [0.15, 0.2) is 5.96 Å². The maximum absolute atomic E-state index is 11.6. The van der Waals surface area contributed by atoms with Gasteiger partial charge in [-0.1, -0.05) is 12.1 Å². The molecule has 1 heterocycles. The third-order valence-electron chi connectivity index (χ3n) is 5.06. The molecular weight excluding hydrogens is 483 g/mol. The Labute approximate surface area is 190 Å². The fraction of sp³-hybridized carbons (Fsp3) is 0.619. The summed E-state index contributed by atoms with van der Waals surface area (Å²) in [6.07, 6.45) is 3.11. The molecule has 7 nitrogen and oxygen atoms in total. The van der Waals surface area contributed by atoms with E-state index >= 15 is 0 Å². The van der Waals surface area contributed by atoms with Crippen LogP contribution in [0.1, 0.15) is 30.4 Å². The van der Waals surface area contributed by atoms with Gasteiger partial charge in [0.2, 0.25) is 5.91 Å². The van der Waals surface area contributed by atoms with Crippen LogP contribution < -0.4 is 20.7 Å². The fourth-order valence-electron chi connectivity index (χ4n) is 3.12. The smallest absolute Gasteiger partial charge is 0.223 e. The SMILES string of the molecule is CN=C(NCCNC(=O)C1CC1)NCc1ccc(C)cc1OCC1CCOC1.I. The molecule has 0 bridgehead atoms. The van der Waals surface area contributed by atoms with E-state index in [9.17, 15) is 4.79 Å². The highest BCUT2D eigenvalue weighted by molar-refractivity contribution is 14.0. The van der Waals surface area contributed by atoms with Crippen LogP contribution in [-0.2, 0) is 16.1 Å². The van der Waals surface area contributed by atoms with E-state index in [-0.39, 0.29) is 35.8 Å². The Morgan fingerprint density at radius 1 is 1.21 bits per heavy atom. The zero-order valence-corrected chi connectivity index (χ0v) is 19.7. The number of nitrogens with zero attached hydrogens (tertiary/aromatic N) is 1. The van der Waals surface area contributed by atoms with E-state index in [0.717, 1.165) is 43.8 Å². The van der Waals surface area contributed by atoms with Gasteiger partial charge in [-0.05, 0) is 37.8 Å². The summed E-state index contributed by atoms with van der Waals surface area (Å²) >= 11 is 0. The van der Waals surface area contributed by atoms with Crippen LogP contribution in [0.5, 0.6) is 5.75 Å². The van der Waals surface area contributed by atoms with Crippen molar-refractivity contribution in [3.63, 3.8) is 0 Å². The lowest BCUT2D eigenvalue weighted by Crippen LogP contribution is -2.41. The van der Waals surface area contributed by atoms with Crippen LogP contribution in [0.15, 0.2) is 23.2 Å². The Morgan fingerprint density at radius 3 is 2.69 bits per heavy atom. The first-order chi connectivity index (χ1) is 13.7. The average Bonchev–Trinajstić information content (AvgIpc) is 3.42. The quantitative estimate of drug-likeness (QED) is 0.203. The van der Waals surface area contributed by atoms with Gasteiger partial charge in [-0.3, -0.25) is 9.79 Å². The number of benzene rings is 1. The van der Waals surface area contributed by atoms with E-state index in [2.05, 4.69) is 46.1 Å². The molecule has 0 radical (unpaired) electrons. The third-order valence-corrected chi connectivity index (χ3v) is 5.06. The predicted molar refractivity (Wildman–Crippen MR) is 125 cm³/mol. The molecule has 162 valence electrons.